The fourth-order valence-corrected chi connectivity index (χ4v) is 4.41. The van der Waals surface area contributed by atoms with Crippen molar-refractivity contribution < 1.29 is 9.13 Å². The van der Waals surface area contributed by atoms with E-state index in [0.717, 1.165) is 23.0 Å². The van der Waals surface area contributed by atoms with E-state index in [0.29, 0.717) is 11.8 Å². The number of ether oxygens (including phenoxy) is 1. The summed E-state index contributed by atoms with van der Waals surface area (Å²) in [6.07, 6.45) is 3.18. The van der Waals surface area contributed by atoms with E-state index in [4.69, 9.17) is 4.74 Å². The van der Waals surface area contributed by atoms with E-state index in [2.05, 4.69) is 32.3 Å². The molecule has 7 heteroatoms. The lowest BCUT2D eigenvalue weighted by molar-refractivity contribution is 0.386. The molecule has 0 bridgehead atoms. The minimum atomic E-state index is -0.331. The third kappa shape index (κ3) is 3.72. The molecule has 1 saturated carbocycles. The number of rotatable bonds is 7. The number of aromatic nitrogens is 3. The Labute approximate surface area is 154 Å². The SMILES string of the molecule is COc1ccc(CSc2nnc(Cc3cccs3)n2C2CC2)cc1F. The standard InChI is InChI=1S/C18H18FN3OS2/c1-23-16-7-4-12(9-15(16)19)11-25-18-21-20-17(22(18)13-5-6-13)10-14-3-2-8-24-14/h2-4,7-9,13H,5-6,10-11H2,1H3. The molecule has 2 heterocycles. The zero-order chi connectivity index (χ0) is 17.2. The zero-order valence-corrected chi connectivity index (χ0v) is 15.4. The van der Waals surface area contributed by atoms with E-state index in [1.54, 1.807) is 29.2 Å². The summed E-state index contributed by atoms with van der Waals surface area (Å²) in [6, 6.07) is 9.78. The van der Waals surface area contributed by atoms with Crippen LogP contribution in [-0.2, 0) is 12.2 Å². The van der Waals surface area contributed by atoms with Crippen LogP contribution in [0.2, 0.25) is 0 Å². The topological polar surface area (TPSA) is 39.9 Å². The number of nitrogens with zero attached hydrogens (tertiary/aromatic N) is 3. The normalized spacial score (nSPS) is 14.0. The van der Waals surface area contributed by atoms with Crippen LogP contribution in [0, 0.1) is 5.82 Å². The molecule has 0 saturated heterocycles. The van der Waals surface area contributed by atoms with Crippen LogP contribution in [0.15, 0.2) is 40.9 Å². The predicted octanol–water partition coefficient (Wildman–Crippen LogP) is 4.71. The fraction of sp³-hybridized carbons (Fsp3) is 0.333. The average molecular weight is 375 g/mol. The Morgan fingerprint density at radius 1 is 1.32 bits per heavy atom. The van der Waals surface area contributed by atoms with Gasteiger partial charge in [-0.2, -0.15) is 0 Å². The highest BCUT2D eigenvalue weighted by Gasteiger charge is 2.29. The first-order valence-electron chi connectivity index (χ1n) is 8.16. The molecule has 0 amide bonds. The van der Waals surface area contributed by atoms with Crippen molar-refractivity contribution in [2.75, 3.05) is 7.11 Å². The zero-order valence-electron chi connectivity index (χ0n) is 13.8. The van der Waals surface area contributed by atoms with Gasteiger partial charge in [-0.3, -0.25) is 0 Å². The first kappa shape index (κ1) is 16.6. The highest BCUT2D eigenvalue weighted by molar-refractivity contribution is 7.98. The summed E-state index contributed by atoms with van der Waals surface area (Å²) in [4.78, 5) is 1.29. The first-order valence-corrected chi connectivity index (χ1v) is 10.0. The molecule has 1 aliphatic rings. The molecule has 4 nitrogen and oxygen atoms in total. The van der Waals surface area contributed by atoms with E-state index in [-0.39, 0.29) is 11.6 Å². The second-order valence-corrected chi connectivity index (χ2v) is 7.99. The second-order valence-electron chi connectivity index (χ2n) is 6.01. The van der Waals surface area contributed by atoms with Gasteiger partial charge in [-0.25, -0.2) is 4.39 Å². The van der Waals surface area contributed by atoms with E-state index < -0.39 is 0 Å². The summed E-state index contributed by atoms with van der Waals surface area (Å²) in [7, 11) is 1.47. The molecule has 1 aromatic carbocycles. The summed E-state index contributed by atoms with van der Waals surface area (Å²) in [5, 5.41) is 11.8. The first-order chi connectivity index (χ1) is 12.2. The van der Waals surface area contributed by atoms with Crippen LogP contribution in [-0.4, -0.2) is 21.9 Å². The third-order valence-electron chi connectivity index (χ3n) is 4.14. The summed E-state index contributed by atoms with van der Waals surface area (Å²) in [5.74, 6) is 1.62. The predicted molar refractivity (Wildman–Crippen MR) is 97.9 cm³/mol. The van der Waals surface area contributed by atoms with Crippen LogP contribution in [0.1, 0.15) is 35.1 Å². The molecule has 2 aromatic heterocycles. The highest BCUT2D eigenvalue weighted by atomic mass is 32.2. The van der Waals surface area contributed by atoms with Gasteiger partial charge in [-0.1, -0.05) is 23.9 Å². The molecule has 4 rings (SSSR count). The summed E-state index contributed by atoms with van der Waals surface area (Å²) < 4.78 is 21.1. The smallest absolute Gasteiger partial charge is 0.191 e. The van der Waals surface area contributed by atoms with Crippen molar-refractivity contribution in [3.05, 3.63) is 57.8 Å². The Bertz CT molecular complexity index is 859. The van der Waals surface area contributed by atoms with E-state index in [1.165, 1.54) is 30.9 Å². The van der Waals surface area contributed by atoms with Gasteiger partial charge in [-0.15, -0.1) is 21.5 Å². The van der Waals surface area contributed by atoms with Gasteiger partial charge in [0.2, 0.25) is 0 Å². The number of halogens is 1. The molecule has 0 N–H and O–H groups in total. The lowest BCUT2D eigenvalue weighted by Crippen LogP contribution is -2.03. The number of thioether (sulfide) groups is 1. The monoisotopic (exact) mass is 375 g/mol. The van der Waals surface area contributed by atoms with E-state index >= 15 is 0 Å². The molecule has 0 unspecified atom stereocenters. The molecule has 0 atom stereocenters. The molecular weight excluding hydrogens is 357 g/mol. The van der Waals surface area contributed by atoms with Crippen molar-refractivity contribution in [1.82, 2.24) is 14.8 Å². The molecular formula is C18H18FN3OS2. The molecule has 25 heavy (non-hydrogen) atoms. The summed E-state index contributed by atoms with van der Waals surface area (Å²) in [5.41, 5.74) is 0.911. The van der Waals surface area contributed by atoms with Crippen molar-refractivity contribution in [2.24, 2.45) is 0 Å². The van der Waals surface area contributed by atoms with Gasteiger partial charge < -0.3 is 9.30 Å². The lowest BCUT2D eigenvalue weighted by atomic mass is 10.2. The average Bonchev–Trinajstić information content (AvgIpc) is 3.16. The van der Waals surface area contributed by atoms with Crippen molar-refractivity contribution in [1.29, 1.82) is 0 Å². The molecule has 1 fully saturated rings. The number of thiophene rings is 1. The number of hydrogen-bond acceptors (Lipinski definition) is 5. The Balaban J connectivity index is 1.50. The van der Waals surface area contributed by atoms with Crippen LogP contribution in [0.3, 0.4) is 0 Å². The summed E-state index contributed by atoms with van der Waals surface area (Å²) >= 11 is 3.35. The minimum Gasteiger partial charge on any atom is -0.494 e. The number of methoxy groups -OCH3 is 1. The van der Waals surface area contributed by atoms with Crippen molar-refractivity contribution in [2.45, 2.75) is 36.2 Å². The van der Waals surface area contributed by atoms with Crippen molar-refractivity contribution in [3.63, 3.8) is 0 Å². The molecule has 0 spiro atoms. The second kappa shape index (κ2) is 7.17. The van der Waals surface area contributed by atoms with Gasteiger partial charge >= 0.3 is 0 Å². The van der Waals surface area contributed by atoms with Crippen LogP contribution >= 0.6 is 23.1 Å². The number of hydrogen-bond donors (Lipinski definition) is 0. The molecule has 130 valence electrons. The van der Waals surface area contributed by atoms with Gasteiger partial charge in [0.25, 0.3) is 0 Å². The van der Waals surface area contributed by atoms with Gasteiger partial charge in [0.05, 0.1) is 7.11 Å². The Morgan fingerprint density at radius 3 is 2.88 bits per heavy atom. The van der Waals surface area contributed by atoms with E-state index in [9.17, 15) is 4.39 Å². The minimum absolute atomic E-state index is 0.271. The van der Waals surface area contributed by atoms with Gasteiger partial charge in [0, 0.05) is 23.1 Å². The van der Waals surface area contributed by atoms with Gasteiger partial charge in [0.15, 0.2) is 16.7 Å². The Hall–Kier alpha value is -1.86. The molecule has 0 radical (unpaired) electrons. The lowest BCUT2D eigenvalue weighted by Gasteiger charge is -2.09. The maximum Gasteiger partial charge on any atom is 0.191 e. The van der Waals surface area contributed by atoms with Gasteiger partial charge in [0.1, 0.15) is 5.82 Å². The Morgan fingerprint density at radius 2 is 2.20 bits per heavy atom. The quantitative estimate of drug-likeness (QED) is 0.561. The maximum atomic E-state index is 13.8. The summed E-state index contributed by atoms with van der Waals surface area (Å²) in [6.45, 7) is 0. The fourth-order valence-electron chi connectivity index (χ4n) is 2.74. The molecule has 3 aromatic rings. The maximum absolute atomic E-state index is 13.8. The highest BCUT2D eigenvalue weighted by Crippen LogP contribution is 2.40. The van der Waals surface area contributed by atoms with Crippen LogP contribution in [0.4, 0.5) is 4.39 Å². The van der Waals surface area contributed by atoms with Gasteiger partial charge in [-0.05, 0) is 42.0 Å². The van der Waals surface area contributed by atoms with Crippen LogP contribution < -0.4 is 4.74 Å². The van der Waals surface area contributed by atoms with E-state index in [1.807, 2.05) is 6.07 Å². The van der Waals surface area contributed by atoms with Crippen molar-refractivity contribution >= 4 is 23.1 Å². The molecule has 0 aliphatic heterocycles. The van der Waals surface area contributed by atoms with Crippen LogP contribution in [0.5, 0.6) is 5.75 Å². The largest absolute Gasteiger partial charge is 0.494 e. The van der Waals surface area contributed by atoms with Crippen molar-refractivity contribution in [3.8, 4) is 5.75 Å². The number of benzene rings is 1. The van der Waals surface area contributed by atoms with Crippen LogP contribution in [0.25, 0.3) is 0 Å². The third-order valence-corrected chi connectivity index (χ3v) is 6.03. The Kier molecular flexibility index (Phi) is 4.76. The molecule has 1 aliphatic carbocycles.